The maximum Gasteiger partial charge on any atom is 0.00412 e. The van der Waals surface area contributed by atoms with Gasteiger partial charge in [0.15, 0.2) is 0 Å². The molecule has 0 heterocycles. The molecule has 1 nitrogen and oxygen atoms in total. The van der Waals surface area contributed by atoms with Crippen LogP contribution in [0.2, 0.25) is 0 Å². The van der Waals surface area contributed by atoms with E-state index in [0.29, 0.717) is 12.1 Å². The van der Waals surface area contributed by atoms with Crippen LogP contribution in [0.4, 0.5) is 0 Å². The summed E-state index contributed by atoms with van der Waals surface area (Å²) in [6.45, 7) is 9.41. The molecular formula is C32H67N. The minimum Gasteiger partial charge on any atom is -0.312 e. The first-order chi connectivity index (χ1) is 16.2. The molecule has 2 atom stereocenters. The summed E-state index contributed by atoms with van der Waals surface area (Å²) in [4.78, 5) is 0. The van der Waals surface area contributed by atoms with Crippen LogP contribution >= 0.6 is 0 Å². The molecule has 0 aromatic heterocycles. The first-order valence-corrected chi connectivity index (χ1v) is 16.0. The predicted molar refractivity (Wildman–Crippen MR) is 153 cm³/mol. The number of nitrogens with one attached hydrogen (secondary N) is 1. The Bertz CT molecular complexity index is 307. The molecule has 0 rings (SSSR count). The Labute approximate surface area is 212 Å². The van der Waals surface area contributed by atoms with Crippen LogP contribution in [0.1, 0.15) is 195 Å². The molecule has 33 heavy (non-hydrogen) atoms. The number of hydrogen-bond acceptors (Lipinski definition) is 1. The molecule has 0 radical (unpaired) electrons. The lowest BCUT2D eigenvalue weighted by Crippen LogP contribution is -2.34. The summed E-state index contributed by atoms with van der Waals surface area (Å²) in [5, 5.41) is 3.86. The third-order valence-corrected chi connectivity index (χ3v) is 7.55. The van der Waals surface area contributed by atoms with Crippen LogP contribution in [-0.4, -0.2) is 12.1 Å². The third-order valence-electron chi connectivity index (χ3n) is 7.55. The molecule has 1 heteroatoms. The van der Waals surface area contributed by atoms with E-state index in [1.807, 2.05) is 0 Å². The summed E-state index contributed by atoms with van der Waals surface area (Å²) in [7, 11) is 0. The van der Waals surface area contributed by atoms with Crippen molar-refractivity contribution in [3.05, 3.63) is 0 Å². The van der Waals surface area contributed by atoms with Crippen LogP contribution in [0.5, 0.6) is 0 Å². The molecule has 0 aliphatic heterocycles. The molecule has 200 valence electrons. The van der Waals surface area contributed by atoms with Crippen molar-refractivity contribution >= 4 is 0 Å². The van der Waals surface area contributed by atoms with Gasteiger partial charge in [-0.2, -0.15) is 0 Å². The van der Waals surface area contributed by atoms with E-state index >= 15 is 0 Å². The van der Waals surface area contributed by atoms with Gasteiger partial charge in [-0.1, -0.05) is 168 Å². The van der Waals surface area contributed by atoms with Gasteiger partial charge in [-0.05, 0) is 26.7 Å². The maximum absolute atomic E-state index is 3.86. The first kappa shape index (κ1) is 33.0. The Morgan fingerprint density at radius 2 is 0.545 bits per heavy atom. The molecule has 0 aromatic rings. The van der Waals surface area contributed by atoms with Gasteiger partial charge in [-0.15, -0.1) is 0 Å². The summed E-state index contributed by atoms with van der Waals surface area (Å²) in [6.07, 6.45) is 37.5. The molecule has 0 aliphatic rings. The SMILES string of the molecule is CCCCCCCCCCCCCCC(C)NC(C)CCCCCCCCCCCCCC. The molecule has 0 saturated heterocycles. The van der Waals surface area contributed by atoms with Crippen molar-refractivity contribution in [2.24, 2.45) is 0 Å². The minimum atomic E-state index is 0.695. The zero-order valence-electron chi connectivity index (χ0n) is 24.0. The van der Waals surface area contributed by atoms with Gasteiger partial charge in [-0.3, -0.25) is 0 Å². The lowest BCUT2D eigenvalue weighted by atomic mass is 10.0. The standard InChI is InChI=1S/C32H67N/c1-5-7-9-11-13-15-17-19-21-23-25-27-29-31(3)33-32(4)30-28-26-24-22-20-18-16-14-12-10-8-6-2/h31-33H,5-30H2,1-4H3. The normalized spacial score (nSPS) is 13.5. The molecule has 0 aliphatic carbocycles. The Hall–Kier alpha value is -0.0400. The topological polar surface area (TPSA) is 12.0 Å². The van der Waals surface area contributed by atoms with Gasteiger partial charge in [0, 0.05) is 12.1 Å². The molecule has 2 unspecified atom stereocenters. The van der Waals surface area contributed by atoms with Crippen molar-refractivity contribution in [2.45, 2.75) is 207 Å². The van der Waals surface area contributed by atoms with E-state index < -0.39 is 0 Å². The Kier molecular flexibility index (Phi) is 28.2. The van der Waals surface area contributed by atoms with E-state index in [-0.39, 0.29) is 0 Å². The minimum absolute atomic E-state index is 0.695. The largest absolute Gasteiger partial charge is 0.312 e. The monoisotopic (exact) mass is 466 g/mol. The van der Waals surface area contributed by atoms with Crippen molar-refractivity contribution < 1.29 is 0 Å². The number of unbranched alkanes of at least 4 members (excludes halogenated alkanes) is 22. The second kappa shape index (κ2) is 28.2. The summed E-state index contributed by atoms with van der Waals surface area (Å²) in [5.74, 6) is 0. The zero-order chi connectivity index (χ0) is 24.2. The fraction of sp³-hybridized carbons (Fsp3) is 1.00. The van der Waals surface area contributed by atoms with E-state index in [1.165, 1.54) is 167 Å². The van der Waals surface area contributed by atoms with Crippen molar-refractivity contribution in [3.63, 3.8) is 0 Å². The molecule has 0 spiro atoms. The average Bonchev–Trinajstić information content (AvgIpc) is 2.80. The quantitative estimate of drug-likeness (QED) is 0.113. The van der Waals surface area contributed by atoms with E-state index in [1.54, 1.807) is 0 Å². The van der Waals surface area contributed by atoms with Crippen LogP contribution < -0.4 is 5.32 Å². The molecular weight excluding hydrogens is 398 g/mol. The zero-order valence-corrected chi connectivity index (χ0v) is 24.0. The van der Waals surface area contributed by atoms with Gasteiger partial charge in [0.05, 0.1) is 0 Å². The predicted octanol–water partition coefficient (Wildman–Crippen LogP) is 11.5. The Morgan fingerprint density at radius 3 is 0.788 bits per heavy atom. The van der Waals surface area contributed by atoms with Crippen molar-refractivity contribution in [2.75, 3.05) is 0 Å². The van der Waals surface area contributed by atoms with Gasteiger partial charge in [0.1, 0.15) is 0 Å². The maximum atomic E-state index is 3.86. The molecule has 1 N–H and O–H groups in total. The number of hydrogen-bond donors (Lipinski definition) is 1. The fourth-order valence-electron chi connectivity index (χ4n) is 5.24. The van der Waals surface area contributed by atoms with Crippen molar-refractivity contribution in [3.8, 4) is 0 Å². The molecule has 0 bridgehead atoms. The van der Waals surface area contributed by atoms with Crippen LogP contribution in [0.3, 0.4) is 0 Å². The van der Waals surface area contributed by atoms with Gasteiger partial charge < -0.3 is 5.32 Å². The van der Waals surface area contributed by atoms with E-state index in [9.17, 15) is 0 Å². The van der Waals surface area contributed by atoms with Crippen molar-refractivity contribution in [1.29, 1.82) is 0 Å². The summed E-state index contributed by atoms with van der Waals surface area (Å²) >= 11 is 0. The second-order valence-corrected chi connectivity index (χ2v) is 11.3. The van der Waals surface area contributed by atoms with Crippen LogP contribution in [0.25, 0.3) is 0 Å². The van der Waals surface area contributed by atoms with E-state index in [0.717, 1.165) is 0 Å². The fourth-order valence-corrected chi connectivity index (χ4v) is 5.24. The van der Waals surface area contributed by atoms with Gasteiger partial charge in [-0.25, -0.2) is 0 Å². The van der Waals surface area contributed by atoms with E-state index in [2.05, 4.69) is 33.0 Å². The Morgan fingerprint density at radius 1 is 0.333 bits per heavy atom. The van der Waals surface area contributed by atoms with E-state index in [4.69, 9.17) is 0 Å². The van der Waals surface area contributed by atoms with Crippen LogP contribution in [0.15, 0.2) is 0 Å². The summed E-state index contributed by atoms with van der Waals surface area (Å²) in [5.41, 5.74) is 0. The highest BCUT2D eigenvalue weighted by Crippen LogP contribution is 2.15. The molecule has 0 amide bonds. The molecule has 0 fully saturated rings. The first-order valence-electron chi connectivity index (χ1n) is 16.0. The van der Waals surface area contributed by atoms with Crippen LogP contribution in [0, 0.1) is 0 Å². The second-order valence-electron chi connectivity index (χ2n) is 11.3. The third kappa shape index (κ3) is 28.1. The lowest BCUT2D eigenvalue weighted by molar-refractivity contribution is 0.402. The highest BCUT2D eigenvalue weighted by molar-refractivity contribution is 4.68. The molecule has 0 aromatic carbocycles. The average molecular weight is 466 g/mol. The molecule has 0 saturated carbocycles. The highest BCUT2D eigenvalue weighted by Gasteiger charge is 2.07. The lowest BCUT2D eigenvalue weighted by Gasteiger charge is -2.20. The smallest absolute Gasteiger partial charge is 0.00412 e. The summed E-state index contributed by atoms with van der Waals surface area (Å²) in [6, 6.07) is 1.39. The highest BCUT2D eigenvalue weighted by atomic mass is 14.9. The number of rotatable bonds is 28. The van der Waals surface area contributed by atoms with Gasteiger partial charge in [0.25, 0.3) is 0 Å². The summed E-state index contributed by atoms with van der Waals surface area (Å²) < 4.78 is 0. The van der Waals surface area contributed by atoms with Crippen molar-refractivity contribution in [1.82, 2.24) is 5.32 Å². The Balaban J connectivity index is 3.28. The van der Waals surface area contributed by atoms with Crippen LogP contribution in [-0.2, 0) is 0 Å². The van der Waals surface area contributed by atoms with Gasteiger partial charge in [0.2, 0.25) is 0 Å². The van der Waals surface area contributed by atoms with Gasteiger partial charge >= 0.3 is 0 Å².